The zero-order valence-electron chi connectivity index (χ0n) is 11.5. The van der Waals surface area contributed by atoms with Gasteiger partial charge in [-0.1, -0.05) is 23.4 Å². The minimum Gasteiger partial charge on any atom is -0.330 e. The predicted octanol–water partition coefficient (Wildman–Crippen LogP) is 2.15. The molecule has 1 aromatic carbocycles. The van der Waals surface area contributed by atoms with Gasteiger partial charge in [0, 0.05) is 23.2 Å². The topological polar surface area (TPSA) is 69.6 Å². The van der Waals surface area contributed by atoms with Crippen LogP contribution in [0.2, 0.25) is 0 Å². The monoisotopic (exact) mass is 267 g/mol. The van der Waals surface area contributed by atoms with Gasteiger partial charge in [0.15, 0.2) is 0 Å². The average Bonchev–Trinajstić information content (AvgIpc) is 2.93. The number of aryl methyl sites for hydroxylation is 2. The summed E-state index contributed by atoms with van der Waals surface area (Å²) in [6, 6.07) is 10.2. The Morgan fingerprint density at radius 1 is 1.25 bits per heavy atom. The van der Waals surface area contributed by atoms with Gasteiger partial charge in [0.25, 0.3) is 0 Å². The van der Waals surface area contributed by atoms with Gasteiger partial charge < -0.3 is 5.73 Å². The van der Waals surface area contributed by atoms with Crippen molar-refractivity contribution in [3.8, 4) is 11.3 Å². The number of para-hydroxylation sites is 1. The van der Waals surface area contributed by atoms with E-state index in [1.54, 1.807) is 0 Å². The zero-order chi connectivity index (χ0) is 13.9. The summed E-state index contributed by atoms with van der Waals surface area (Å²) < 4.78 is 1.84. The first kappa shape index (κ1) is 12.7. The minimum absolute atomic E-state index is 0.659. The smallest absolute Gasteiger partial charge is 0.113 e. The molecule has 5 heteroatoms. The number of benzene rings is 1. The molecular weight excluding hydrogens is 250 g/mol. The Labute approximate surface area is 117 Å². The van der Waals surface area contributed by atoms with Gasteiger partial charge in [-0.25, -0.2) is 0 Å². The third kappa shape index (κ3) is 2.40. The van der Waals surface area contributed by atoms with Crippen molar-refractivity contribution in [3.05, 3.63) is 42.2 Å². The highest BCUT2D eigenvalue weighted by atomic mass is 15.4. The van der Waals surface area contributed by atoms with E-state index < -0.39 is 0 Å². The summed E-state index contributed by atoms with van der Waals surface area (Å²) in [7, 11) is 0. The maximum atomic E-state index is 5.52. The number of hydrogen-bond donors (Lipinski definition) is 1. The van der Waals surface area contributed by atoms with Gasteiger partial charge in [-0.15, -0.1) is 5.10 Å². The van der Waals surface area contributed by atoms with Crippen molar-refractivity contribution in [2.75, 3.05) is 6.54 Å². The third-order valence-electron chi connectivity index (χ3n) is 3.25. The van der Waals surface area contributed by atoms with Crippen LogP contribution in [0.5, 0.6) is 0 Å². The number of rotatable bonds is 4. The molecule has 0 unspecified atom stereocenters. The molecule has 0 fully saturated rings. The van der Waals surface area contributed by atoms with Crippen molar-refractivity contribution in [1.29, 1.82) is 0 Å². The lowest BCUT2D eigenvalue weighted by Gasteiger charge is -2.04. The predicted molar refractivity (Wildman–Crippen MR) is 79.2 cm³/mol. The Hall–Kier alpha value is -2.27. The molecule has 20 heavy (non-hydrogen) atoms. The maximum Gasteiger partial charge on any atom is 0.113 e. The van der Waals surface area contributed by atoms with Crippen molar-refractivity contribution in [3.63, 3.8) is 0 Å². The molecule has 0 amide bonds. The normalized spacial score (nSPS) is 11.1. The summed E-state index contributed by atoms with van der Waals surface area (Å²) in [5.74, 6) is 0. The number of aromatic nitrogens is 4. The van der Waals surface area contributed by atoms with Gasteiger partial charge in [-0.3, -0.25) is 9.67 Å². The Morgan fingerprint density at radius 3 is 2.95 bits per heavy atom. The fourth-order valence-corrected chi connectivity index (χ4v) is 2.30. The van der Waals surface area contributed by atoms with Crippen LogP contribution >= 0.6 is 0 Å². The number of nitrogens with zero attached hydrogens (tertiary/aromatic N) is 4. The van der Waals surface area contributed by atoms with E-state index in [-0.39, 0.29) is 0 Å². The quantitative estimate of drug-likeness (QED) is 0.786. The van der Waals surface area contributed by atoms with Crippen LogP contribution in [0, 0.1) is 6.92 Å². The maximum absolute atomic E-state index is 5.52. The van der Waals surface area contributed by atoms with Gasteiger partial charge in [-0.05, 0) is 32.0 Å². The highest BCUT2D eigenvalue weighted by molar-refractivity contribution is 5.93. The highest BCUT2D eigenvalue weighted by Gasteiger charge is 2.09. The number of fused-ring (bicyclic) bond motifs is 1. The summed E-state index contributed by atoms with van der Waals surface area (Å²) in [5, 5.41) is 9.53. The fraction of sp³-hybridized carbons (Fsp3) is 0.267. The fourth-order valence-electron chi connectivity index (χ4n) is 2.30. The SMILES string of the molecule is Cc1cc(-c2cn(CCCN)nn2)c2ccccc2n1. The molecule has 0 saturated heterocycles. The van der Waals surface area contributed by atoms with Gasteiger partial charge in [0.05, 0.1) is 11.7 Å². The lowest BCUT2D eigenvalue weighted by atomic mass is 10.1. The van der Waals surface area contributed by atoms with Gasteiger partial charge >= 0.3 is 0 Å². The largest absolute Gasteiger partial charge is 0.330 e. The summed E-state index contributed by atoms with van der Waals surface area (Å²) in [5.41, 5.74) is 9.44. The van der Waals surface area contributed by atoms with Crippen LogP contribution in [0.25, 0.3) is 22.2 Å². The second kappa shape index (κ2) is 5.38. The second-order valence-electron chi connectivity index (χ2n) is 4.84. The van der Waals surface area contributed by atoms with E-state index in [1.165, 1.54) is 0 Å². The van der Waals surface area contributed by atoms with Crippen LogP contribution in [0.3, 0.4) is 0 Å². The molecule has 2 heterocycles. The van der Waals surface area contributed by atoms with Crippen LogP contribution in [-0.2, 0) is 6.54 Å². The number of pyridine rings is 1. The molecular formula is C15H17N5. The summed E-state index contributed by atoms with van der Waals surface area (Å²) in [4.78, 5) is 4.55. The van der Waals surface area contributed by atoms with Crippen molar-refractivity contribution in [2.24, 2.45) is 5.73 Å². The van der Waals surface area contributed by atoms with Gasteiger partial charge in [0.2, 0.25) is 0 Å². The first-order valence-electron chi connectivity index (χ1n) is 6.75. The molecule has 0 atom stereocenters. The lowest BCUT2D eigenvalue weighted by Crippen LogP contribution is -2.06. The van der Waals surface area contributed by atoms with Crippen LogP contribution < -0.4 is 5.73 Å². The Balaban J connectivity index is 2.07. The van der Waals surface area contributed by atoms with E-state index in [0.29, 0.717) is 6.54 Å². The van der Waals surface area contributed by atoms with Crippen LogP contribution in [0.1, 0.15) is 12.1 Å². The van der Waals surface area contributed by atoms with Crippen LogP contribution in [0.4, 0.5) is 0 Å². The molecule has 0 aliphatic rings. The molecule has 3 aromatic rings. The second-order valence-corrected chi connectivity index (χ2v) is 4.84. The molecule has 102 valence electrons. The van der Waals surface area contributed by atoms with Gasteiger partial charge in [0.1, 0.15) is 5.69 Å². The van der Waals surface area contributed by atoms with Crippen molar-refractivity contribution >= 4 is 10.9 Å². The Bertz CT molecular complexity index is 732. The van der Waals surface area contributed by atoms with Crippen molar-refractivity contribution < 1.29 is 0 Å². The van der Waals surface area contributed by atoms with E-state index in [1.807, 2.05) is 36.0 Å². The lowest BCUT2D eigenvalue weighted by molar-refractivity contribution is 0.564. The molecule has 0 aliphatic heterocycles. The zero-order valence-corrected chi connectivity index (χ0v) is 11.5. The van der Waals surface area contributed by atoms with E-state index >= 15 is 0 Å². The molecule has 0 aliphatic carbocycles. The van der Waals surface area contributed by atoms with Crippen molar-refractivity contribution in [1.82, 2.24) is 20.0 Å². The molecule has 0 radical (unpaired) electrons. The van der Waals surface area contributed by atoms with Crippen LogP contribution in [-0.4, -0.2) is 26.5 Å². The molecule has 2 aromatic heterocycles. The highest BCUT2D eigenvalue weighted by Crippen LogP contribution is 2.26. The molecule has 0 saturated carbocycles. The summed E-state index contributed by atoms with van der Waals surface area (Å²) in [6.07, 6.45) is 2.87. The molecule has 3 rings (SSSR count). The molecule has 2 N–H and O–H groups in total. The Morgan fingerprint density at radius 2 is 2.10 bits per heavy atom. The molecule has 0 spiro atoms. The first-order valence-corrected chi connectivity index (χ1v) is 6.75. The first-order chi connectivity index (χ1) is 9.78. The molecule has 5 nitrogen and oxygen atoms in total. The Kier molecular flexibility index (Phi) is 3.43. The standard InChI is InChI=1S/C15H17N5/c1-11-9-13(12-5-2-3-6-14(12)17-11)15-10-20(19-18-15)8-4-7-16/h2-3,5-6,9-10H,4,7-8,16H2,1H3. The molecule has 0 bridgehead atoms. The van der Waals surface area contributed by atoms with E-state index in [9.17, 15) is 0 Å². The van der Waals surface area contributed by atoms with Crippen molar-refractivity contribution in [2.45, 2.75) is 19.9 Å². The van der Waals surface area contributed by atoms with Gasteiger partial charge in [-0.2, -0.15) is 0 Å². The number of hydrogen-bond acceptors (Lipinski definition) is 4. The van der Waals surface area contributed by atoms with E-state index in [4.69, 9.17) is 5.73 Å². The van der Waals surface area contributed by atoms with E-state index in [0.717, 1.165) is 40.8 Å². The summed E-state index contributed by atoms with van der Waals surface area (Å²) in [6.45, 7) is 3.45. The average molecular weight is 267 g/mol. The summed E-state index contributed by atoms with van der Waals surface area (Å²) >= 11 is 0. The third-order valence-corrected chi connectivity index (χ3v) is 3.25. The minimum atomic E-state index is 0.659. The number of nitrogens with two attached hydrogens (primary N) is 1. The van der Waals surface area contributed by atoms with Crippen LogP contribution in [0.15, 0.2) is 36.5 Å². The van der Waals surface area contributed by atoms with E-state index in [2.05, 4.69) is 27.4 Å².